The van der Waals surface area contributed by atoms with Crippen molar-refractivity contribution in [2.45, 2.75) is 45.4 Å². The van der Waals surface area contributed by atoms with Crippen LogP contribution in [0.4, 0.5) is 0 Å². The van der Waals surface area contributed by atoms with Gasteiger partial charge in [-0.05, 0) is 56.3 Å². The van der Waals surface area contributed by atoms with Crippen molar-refractivity contribution in [2.24, 2.45) is 4.99 Å². The second-order valence-electron chi connectivity index (χ2n) is 7.27. The smallest absolute Gasteiger partial charge is 0.191 e. The summed E-state index contributed by atoms with van der Waals surface area (Å²) in [6.45, 7) is 9.90. The van der Waals surface area contributed by atoms with Crippen molar-refractivity contribution in [2.75, 3.05) is 26.2 Å². The van der Waals surface area contributed by atoms with E-state index < -0.39 is 5.60 Å². The molecule has 0 aromatic carbocycles. The normalized spacial score (nSPS) is 17.9. The van der Waals surface area contributed by atoms with Gasteiger partial charge in [0, 0.05) is 37.1 Å². The molecular formula is C20H31IN4O2S. The number of rotatable bonds is 7. The Hall–Kier alpha value is -1.10. The molecule has 2 aromatic rings. The van der Waals surface area contributed by atoms with E-state index >= 15 is 0 Å². The molecule has 2 aromatic heterocycles. The molecule has 6 nitrogen and oxygen atoms in total. The molecule has 0 amide bonds. The maximum atomic E-state index is 10.6. The van der Waals surface area contributed by atoms with Crippen LogP contribution in [0, 0.1) is 0 Å². The number of aliphatic hydroxyl groups is 1. The molecule has 8 heteroatoms. The zero-order valence-corrected chi connectivity index (χ0v) is 19.9. The van der Waals surface area contributed by atoms with Crippen LogP contribution in [-0.2, 0) is 18.6 Å². The second-order valence-corrected chi connectivity index (χ2v) is 8.27. The Morgan fingerprint density at radius 1 is 1.43 bits per heavy atom. The molecule has 0 saturated carbocycles. The lowest BCUT2D eigenvalue weighted by atomic mass is 10.0. The molecule has 1 aliphatic heterocycles. The lowest BCUT2D eigenvalue weighted by molar-refractivity contribution is 0.0437. The average molecular weight is 518 g/mol. The maximum Gasteiger partial charge on any atom is 0.191 e. The molecule has 0 saturated heterocycles. The van der Waals surface area contributed by atoms with Gasteiger partial charge in [-0.15, -0.1) is 35.3 Å². The van der Waals surface area contributed by atoms with E-state index in [-0.39, 0.29) is 30.5 Å². The number of hydrogen-bond donors (Lipinski definition) is 3. The van der Waals surface area contributed by atoms with E-state index in [1.54, 1.807) is 25.3 Å². The van der Waals surface area contributed by atoms with E-state index in [0.29, 0.717) is 17.8 Å². The van der Waals surface area contributed by atoms with E-state index in [1.807, 2.05) is 18.3 Å². The molecule has 28 heavy (non-hydrogen) atoms. The molecule has 0 radical (unpaired) electrons. The third-order valence-electron chi connectivity index (χ3n) is 4.97. The van der Waals surface area contributed by atoms with Gasteiger partial charge in [-0.25, -0.2) is 4.99 Å². The lowest BCUT2D eigenvalue weighted by Gasteiger charge is -2.32. The van der Waals surface area contributed by atoms with Crippen LogP contribution in [-0.4, -0.2) is 48.2 Å². The van der Waals surface area contributed by atoms with Gasteiger partial charge in [0.15, 0.2) is 5.96 Å². The Kier molecular flexibility index (Phi) is 8.79. The lowest BCUT2D eigenvalue weighted by Crippen LogP contribution is -2.47. The van der Waals surface area contributed by atoms with Crippen molar-refractivity contribution < 1.29 is 9.52 Å². The van der Waals surface area contributed by atoms with Gasteiger partial charge in [-0.3, -0.25) is 4.90 Å². The van der Waals surface area contributed by atoms with Crippen LogP contribution < -0.4 is 10.6 Å². The number of nitrogens with zero attached hydrogens (tertiary/aromatic N) is 2. The maximum absolute atomic E-state index is 10.6. The van der Waals surface area contributed by atoms with Crippen LogP contribution in [0.15, 0.2) is 39.3 Å². The van der Waals surface area contributed by atoms with Crippen LogP contribution in [0.3, 0.4) is 0 Å². The topological polar surface area (TPSA) is 73.0 Å². The minimum absolute atomic E-state index is 0. The number of halogens is 1. The first-order valence-corrected chi connectivity index (χ1v) is 10.5. The summed E-state index contributed by atoms with van der Waals surface area (Å²) >= 11 is 1.87. The summed E-state index contributed by atoms with van der Waals surface area (Å²) in [5, 5.41) is 19.4. The first-order valence-electron chi connectivity index (χ1n) is 9.57. The first kappa shape index (κ1) is 23.2. The fourth-order valence-electron chi connectivity index (χ4n) is 3.26. The Morgan fingerprint density at radius 2 is 2.25 bits per heavy atom. The minimum Gasteiger partial charge on any atom is -0.466 e. The standard InChI is InChI=1S/C20H30N4O2S.HI/c1-4-21-19(23-14-20(3,25)18-6-5-10-26-18)22-12-15(2)24-9-7-17-16(13-24)8-11-27-17;/h5-6,8,10-11,15,25H,4,7,9,12-14H2,1-3H3,(H2,21,22,23);1H. The van der Waals surface area contributed by atoms with Crippen molar-refractivity contribution >= 4 is 41.3 Å². The molecule has 3 N–H and O–H groups in total. The monoisotopic (exact) mass is 518 g/mol. The number of furan rings is 1. The van der Waals surface area contributed by atoms with Crippen LogP contribution in [0.25, 0.3) is 0 Å². The van der Waals surface area contributed by atoms with Gasteiger partial charge in [-0.1, -0.05) is 0 Å². The van der Waals surface area contributed by atoms with Gasteiger partial charge in [-0.2, -0.15) is 0 Å². The number of thiophene rings is 1. The van der Waals surface area contributed by atoms with E-state index in [0.717, 1.165) is 32.6 Å². The number of guanidine groups is 1. The third-order valence-corrected chi connectivity index (χ3v) is 5.99. The number of hydrogen-bond acceptors (Lipinski definition) is 5. The molecule has 1 aliphatic rings. The molecule has 0 fully saturated rings. The van der Waals surface area contributed by atoms with Crippen LogP contribution in [0.5, 0.6) is 0 Å². The van der Waals surface area contributed by atoms with E-state index in [2.05, 4.69) is 38.9 Å². The van der Waals surface area contributed by atoms with Crippen molar-refractivity contribution in [3.8, 4) is 0 Å². The zero-order chi connectivity index (χ0) is 19.3. The van der Waals surface area contributed by atoms with Crippen molar-refractivity contribution in [1.82, 2.24) is 15.5 Å². The predicted molar refractivity (Wildman–Crippen MR) is 126 cm³/mol. The molecule has 0 spiro atoms. The molecular weight excluding hydrogens is 487 g/mol. The summed E-state index contributed by atoms with van der Waals surface area (Å²) in [6.07, 6.45) is 2.70. The third kappa shape index (κ3) is 5.95. The highest BCUT2D eigenvalue weighted by molar-refractivity contribution is 14.0. The Balaban J connectivity index is 0.00000280. The number of nitrogens with one attached hydrogen (secondary N) is 2. The Bertz CT molecular complexity index is 745. The van der Waals surface area contributed by atoms with Gasteiger partial charge in [0.05, 0.1) is 12.8 Å². The molecule has 2 unspecified atom stereocenters. The van der Waals surface area contributed by atoms with Gasteiger partial charge < -0.3 is 20.2 Å². The predicted octanol–water partition coefficient (Wildman–Crippen LogP) is 3.17. The molecule has 3 heterocycles. The fourth-order valence-corrected chi connectivity index (χ4v) is 4.15. The SMILES string of the molecule is CCNC(=NCC(C)(O)c1ccco1)NCC(C)N1CCc2sccc2C1.I. The minimum atomic E-state index is -1.13. The Labute approximate surface area is 188 Å². The highest BCUT2D eigenvalue weighted by Crippen LogP contribution is 2.25. The van der Waals surface area contributed by atoms with Gasteiger partial charge in [0.2, 0.25) is 0 Å². The van der Waals surface area contributed by atoms with Crippen molar-refractivity contribution in [1.29, 1.82) is 0 Å². The van der Waals surface area contributed by atoms with Crippen LogP contribution in [0.1, 0.15) is 37.0 Å². The van der Waals surface area contributed by atoms with Crippen LogP contribution in [0.2, 0.25) is 0 Å². The molecule has 2 atom stereocenters. The highest BCUT2D eigenvalue weighted by Gasteiger charge is 2.26. The molecule has 156 valence electrons. The first-order chi connectivity index (χ1) is 13.0. The Morgan fingerprint density at radius 3 is 2.96 bits per heavy atom. The van der Waals surface area contributed by atoms with E-state index in [1.165, 1.54) is 10.4 Å². The fraction of sp³-hybridized carbons (Fsp3) is 0.550. The molecule has 0 aliphatic carbocycles. The molecule has 3 rings (SSSR count). The van der Waals surface area contributed by atoms with Crippen molar-refractivity contribution in [3.63, 3.8) is 0 Å². The van der Waals surface area contributed by atoms with Gasteiger partial charge in [0.1, 0.15) is 11.4 Å². The van der Waals surface area contributed by atoms with E-state index in [4.69, 9.17) is 4.42 Å². The molecule has 0 bridgehead atoms. The van der Waals surface area contributed by atoms with Crippen LogP contribution >= 0.6 is 35.3 Å². The second kappa shape index (κ2) is 10.6. The summed E-state index contributed by atoms with van der Waals surface area (Å²) in [7, 11) is 0. The van der Waals surface area contributed by atoms with E-state index in [9.17, 15) is 5.11 Å². The summed E-state index contributed by atoms with van der Waals surface area (Å²) in [4.78, 5) is 8.59. The van der Waals surface area contributed by atoms with Crippen molar-refractivity contribution in [3.05, 3.63) is 46.0 Å². The quantitative estimate of drug-likeness (QED) is 0.299. The summed E-state index contributed by atoms with van der Waals surface area (Å²) in [6, 6.07) is 6.19. The summed E-state index contributed by atoms with van der Waals surface area (Å²) in [5.41, 5.74) is 0.341. The summed E-state index contributed by atoms with van der Waals surface area (Å²) in [5.74, 6) is 1.24. The highest BCUT2D eigenvalue weighted by atomic mass is 127. The largest absolute Gasteiger partial charge is 0.466 e. The average Bonchev–Trinajstić information content (AvgIpc) is 3.35. The summed E-state index contributed by atoms with van der Waals surface area (Å²) < 4.78 is 5.32. The zero-order valence-electron chi connectivity index (χ0n) is 16.8. The number of aliphatic imine (C=N–C) groups is 1. The van der Waals surface area contributed by atoms with Gasteiger partial charge >= 0.3 is 0 Å². The number of fused-ring (bicyclic) bond motifs is 1. The van der Waals surface area contributed by atoms with Gasteiger partial charge in [0.25, 0.3) is 0 Å².